The molecular weight excluding hydrogens is 204 g/mol. The van der Waals surface area contributed by atoms with Crippen LogP contribution in [0, 0.1) is 0 Å². The number of anilines is 1. The molecule has 0 aliphatic carbocycles. The van der Waals surface area contributed by atoms with Crippen LogP contribution >= 0.6 is 0 Å². The Morgan fingerprint density at radius 2 is 2.00 bits per heavy atom. The average Bonchev–Trinajstić information content (AvgIpc) is 2.61. The fourth-order valence-corrected chi connectivity index (χ4v) is 2.48. The van der Waals surface area contributed by atoms with Gasteiger partial charge < -0.3 is 10.6 Å². The van der Waals surface area contributed by atoms with E-state index in [1.54, 1.807) is 0 Å². The maximum Gasteiger partial charge on any atom is 0.243 e. The third-order valence-electron chi connectivity index (χ3n) is 3.24. The summed E-state index contributed by atoms with van der Waals surface area (Å²) in [5, 5.41) is 5.88. The molecule has 1 amide bonds. The van der Waals surface area contributed by atoms with E-state index in [2.05, 4.69) is 10.6 Å². The molecule has 0 bridgehead atoms. The van der Waals surface area contributed by atoms with Crippen molar-refractivity contribution < 1.29 is 9.59 Å². The summed E-state index contributed by atoms with van der Waals surface area (Å²) < 4.78 is 0. The lowest BCUT2D eigenvalue weighted by atomic mass is 9.90. The standard InChI is InChI=1S/C12H12N2O2/c15-9-5-6-13-12(16)11-10(9)7-3-1-2-4-8(7)14-11/h1-4,10-11,14H,5-6H2,(H,13,16). The molecule has 1 fully saturated rings. The van der Waals surface area contributed by atoms with Gasteiger partial charge in [0.25, 0.3) is 0 Å². The molecule has 4 nitrogen and oxygen atoms in total. The molecule has 0 aromatic heterocycles. The van der Waals surface area contributed by atoms with Crippen LogP contribution in [0.5, 0.6) is 0 Å². The summed E-state index contributed by atoms with van der Waals surface area (Å²) in [7, 11) is 0. The van der Waals surface area contributed by atoms with Crippen molar-refractivity contribution in [2.24, 2.45) is 0 Å². The largest absolute Gasteiger partial charge is 0.373 e. The second-order valence-corrected chi connectivity index (χ2v) is 4.19. The van der Waals surface area contributed by atoms with Crippen LogP contribution in [0.4, 0.5) is 5.69 Å². The zero-order valence-electron chi connectivity index (χ0n) is 8.69. The minimum Gasteiger partial charge on any atom is -0.373 e. The normalized spacial score (nSPS) is 27.5. The van der Waals surface area contributed by atoms with Gasteiger partial charge in [0.2, 0.25) is 5.91 Å². The number of carbonyl (C=O) groups excluding carboxylic acids is 2. The van der Waals surface area contributed by atoms with Crippen LogP contribution in [0.1, 0.15) is 17.9 Å². The zero-order chi connectivity index (χ0) is 11.1. The summed E-state index contributed by atoms with van der Waals surface area (Å²) in [5.74, 6) is -0.244. The molecule has 4 heteroatoms. The van der Waals surface area contributed by atoms with E-state index in [9.17, 15) is 9.59 Å². The maximum atomic E-state index is 12.0. The van der Waals surface area contributed by atoms with Crippen LogP contribution in [0.2, 0.25) is 0 Å². The van der Waals surface area contributed by atoms with Gasteiger partial charge in [0.05, 0.1) is 5.92 Å². The minimum atomic E-state index is -0.424. The second kappa shape index (κ2) is 3.33. The first-order valence-electron chi connectivity index (χ1n) is 5.43. The summed E-state index contributed by atoms with van der Waals surface area (Å²) in [6.07, 6.45) is 0.420. The van der Waals surface area contributed by atoms with Crippen LogP contribution in [-0.2, 0) is 9.59 Å². The lowest BCUT2D eigenvalue weighted by Gasteiger charge is -2.13. The predicted molar refractivity (Wildman–Crippen MR) is 59.2 cm³/mol. The Labute approximate surface area is 93.0 Å². The quantitative estimate of drug-likeness (QED) is 0.669. The number of fused-ring (bicyclic) bond motifs is 3. The highest BCUT2D eigenvalue weighted by Crippen LogP contribution is 2.37. The highest BCUT2D eigenvalue weighted by molar-refractivity contribution is 6.01. The number of rotatable bonds is 0. The highest BCUT2D eigenvalue weighted by atomic mass is 16.2. The fourth-order valence-electron chi connectivity index (χ4n) is 2.48. The van der Waals surface area contributed by atoms with Crippen LogP contribution < -0.4 is 10.6 Å². The van der Waals surface area contributed by atoms with Crippen LogP contribution in [0.15, 0.2) is 24.3 Å². The van der Waals surface area contributed by atoms with E-state index in [1.807, 2.05) is 24.3 Å². The molecule has 2 heterocycles. The first-order chi connectivity index (χ1) is 7.77. The smallest absolute Gasteiger partial charge is 0.243 e. The SMILES string of the molecule is O=C1NCCC(=O)C2c3ccccc3NC12. The molecule has 2 atom stereocenters. The Balaban J connectivity index is 2.09. The molecule has 0 spiro atoms. The number of ketones is 1. The van der Waals surface area contributed by atoms with Gasteiger partial charge in [0.1, 0.15) is 11.8 Å². The van der Waals surface area contributed by atoms with Crippen LogP contribution in [0.3, 0.4) is 0 Å². The molecule has 2 unspecified atom stereocenters. The molecule has 2 aliphatic rings. The van der Waals surface area contributed by atoms with Crippen molar-refractivity contribution in [3.8, 4) is 0 Å². The summed E-state index contributed by atoms with van der Waals surface area (Å²) >= 11 is 0. The molecular formula is C12H12N2O2. The van der Waals surface area contributed by atoms with Crippen molar-refractivity contribution in [3.05, 3.63) is 29.8 Å². The van der Waals surface area contributed by atoms with E-state index >= 15 is 0 Å². The Morgan fingerprint density at radius 3 is 2.88 bits per heavy atom. The zero-order valence-corrected chi connectivity index (χ0v) is 8.69. The van der Waals surface area contributed by atoms with Crippen molar-refractivity contribution >= 4 is 17.4 Å². The lowest BCUT2D eigenvalue weighted by molar-refractivity contribution is -0.124. The number of hydrogen-bond acceptors (Lipinski definition) is 3. The molecule has 2 aliphatic heterocycles. The Morgan fingerprint density at radius 1 is 1.19 bits per heavy atom. The Hall–Kier alpha value is -1.84. The van der Waals surface area contributed by atoms with Crippen molar-refractivity contribution in [3.63, 3.8) is 0 Å². The second-order valence-electron chi connectivity index (χ2n) is 4.19. The Kier molecular flexibility index (Phi) is 1.96. The molecule has 1 saturated heterocycles. The van der Waals surface area contributed by atoms with Crippen molar-refractivity contribution in [1.29, 1.82) is 0 Å². The van der Waals surface area contributed by atoms with E-state index in [1.165, 1.54) is 0 Å². The molecule has 0 saturated carbocycles. The van der Waals surface area contributed by atoms with Crippen LogP contribution in [0.25, 0.3) is 0 Å². The monoisotopic (exact) mass is 216 g/mol. The third-order valence-corrected chi connectivity index (χ3v) is 3.24. The topological polar surface area (TPSA) is 58.2 Å². The third kappa shape index (κ3) is 1.23. The van der Waals surface area contributed by atoms with E-state index in [0.717, 1.165) is 11.3 Å². The molecule has 82 valence electrons. The number of benzene rings is 1. The first kappa shape index (κ1) is 9.39. The maximum absolute atomic E-state index is 12.0. The number of carbonyl (C=O) groups is 2. The predicted octanol–water partition coefficient (Wildman–Crippen LogP) is 0.653. The van der Waals surface area contributed by atoms with Gasteiger partial charge in [0, 0.05) is 18.7 Å². The summed E-state index contributed by atoms with van der Waals surface area (Å²) in [4.78, 5) is 23.8. The summed E-state index contributed by atoms with van der Waals surface area (Å²) in [5.41, 5.74) is 1.86. The van der Waals surface area contributed by atoms with E-state index in [-0.39, 0.29) is 17.6 Å². The molecule has 16 heavy (non-hydrogen) atoms. The van der Waals surface area contributed by atoms with Crippen molar-refractivity contribution in [2.45, 2.75) is 18.4 Å². The van der Waals surface area contributed by atoms with E-state index in [0.29, 0.717) is 13.0 Å². The number of para-hydroxylation sites is 1. The van der Waals surface area contributed by atoms with Crippen LogP contribution in [-0.4, -0.2) is 24.3 Å². The molecule has 1 aromatic carbocycles. The average molecular weight is 216 g/mol. The summed E-state index contributed by atoms with van der Waals surface area (Å²) in [6, 6.07) is 7.21. The van der Waals surface area contributed by atoms with Crippen molar-refractivity contribution in [1.82, 2.24) is 5.32 Å². The van der Waals surface area contributed by atoms with Gasteiger partial charge >= 0.3 is 0 Å². The lowest BCUT2D eigenvalue weighted by Crippen LogP contribution is -2.39. The molecule has 0 radical (unpaired) electrons. The first-order valence-corrected chi connectivity index (χ1v) is 5.43. The molecule has 1 aromatic rings. The van der Waals surface area contributed by atoms with Gasteiger partial charge in [-0.1, -0.05) is 18.2 Å². The number of hydrogen-bond donors (Lipinski definition) is 2. The Bertz CT molecular complexity index is 470. The van der Waals surface area contributed by atoms with Gasteiger partial charge in [-0.15, -0.1) is 0 Å². The van der Waals surface area contributed by atoms with Gasteiger partial charge in [0.15, 0.2) is 0 Å². The highest BCUT2D eigenvalue weighted by Gasteiger charge is 2.42. The number of nitrogens with one attached hydrogen (secondary N) is 2. The van der Waals surface area contributed by atoms with E-state index in [4.69, 9.17) is 0 Å². The fraction of sp³-hybridized carbons (Fsp3) is 0.333. The molecule has 3 rings (SSSR count). The van der Waals surface area contributed by atoms with Gasteiger partial charge in [-0.2, -0.15) is 0 Å². The number of amides is 1. The summed E-state index contributed by atoms with van der Waals surface area (Å²) in [6.45, 7) is 0.453. The van der Waals surface area contributed by atoms with Crippen molar-refractivity contribution in [2.75, 3.05) is 11.9 Å². The molecule has 2 N–H and O–H groups in total. The van der Waals surface area contributed by atoms with Gasteiger partial charge in [-0.05, 0) is 11.6 Å². The number of Topliss-reactive ketones (excluding diaryl/α,β-unsaturated/α-hetero) is 1. The van der Waals surface area contributed by atoms with E-state index < -0.39 is 6.04 Å². The minimum absolute atomic E-state index is 0.0768. The van der Waals surface area contributed by atoms with Gasteiger partial charge in [-0.25, -0.2) is 0 Å². The van der Waals surface area contributed by atoms with Gasteiger partial charge in [-0.3, -0.25) is 9.59 Å².